The first-order valence-electron chi connectivity index (χ1n) is 4.34. The molecule has 0 aliphatic heterocycles. The lowest BCUT2D eigenvalue weighted by atomic mass is 10.4. The van der Waals surface area contributed by atoms with Crippen molar-refractivity contribution >= 4 is 17.4 Å². The van der Waals surface area contributed by atoms with Gasteiger partial charge in [-0.15, -0.1) is 11.6 Å². The highest BCUT2D eigenvalue weighted by Crippen LogP contribution is 2.05. The molecule has 0 unspecified atom stereocenters. The van der Waals surface area contributed by atoms with Gasteiger partial charge in [0.1, 0.15) is 11.6 Å². The Labute approximate surface area is 83.5 Å². The molecule has 4 heteroatoms. The van der Waals surface area contributed by atoms with Gasteiger partial charge in [0.25, 0.3) is 0 Å². The molecule has 0 atom stereocenters. The maximum Gasteiger partial charge on any atom is 0.129 e. The highest BCUT2D eigenvalue weighted by molar-refractivity contribution is 6.17. The van der Waals surface area contributed by atoms with E-state index in [1.54, 1.807) is 0 Å². The second-order valence-electron chi connectivity index (χ2n) is 2.91. The molecule has 1 aromatic rings. The van der Waals surface area contributed by atoms with Gasteiger partial charge in [0, 0.05) is 24.2 Å². The Hall–Kier alpha value is -0.830. The maximum absolute atomic E-state index is 5.56. The highest BCUT2D eigenvalue weighted by Gasteiger charge is 1.96. The summed E-state index contributed by atoms with van der Waals surface area (Å²) in [5.74, 6) is 2.36. The molecule has 0 saturated heterocycles. The molecule has 1 N–H and O–H groups in total. The number of aromatic nitrogens is 2. The molecule has 0 aromatic carbocycles. The molecule has 1 heterocycles. The third-order valence-corrected chi connectivity index (χ3v) is 1.85. The number of rotatable bonds is 4. The van der Waals surface area contributed by atoms with Crippen LogP contribution in [0.2, 0.25) is 0 Å². The summed E-state index contributed by atoms with van der Waals surface area (Å²) in [6, 6.07) is 1.93. The number of halogens is 1. The number of anilines is 1. The van der Waals surface area contributed by atoms with Crippen LogP contribution in [-0.2, 0) is 0 Å². The fourth-order valence-electron chi connectivity index (χ4n) is 1.09. The van der Waals surface area contributed by atoms with Crippen LogP contribution in [0.15, 0.2) is 6.07 Å². The van der Waals surface area contributed by atoms with Crippen molar-refractivity contribution < 1.29 is 0 Å². The average Bonchev–Trinajstić information content (AvgIpc) is 2.03. The zero-order valence-corrected chi connectivity index (χ0v) is 8.73. The van der Waals surface area contributed by atoms with Crippen molar-refractivity contribution in [2.75, 3.05) is 17.7 Å². The van der Waals surface area contributed by atoms with Crippen LogP contribution in [0.1, 0.15) is 17.9 Å². The Morgan fingerprint density at radius 2 is 2.15 bits per heavy atom. The lowest BCUT2D eigenvalue weighted by molar-refractivity contribution is 0.950. The summed E-state index contributed by atoms with van der Waals surface area (Å²) in [5, 5.41) is 3.19. The van der Waals surface area contributed by atoms with Crippen molar-refractivity contribution in [2.45, 2.75) is 20.3 Å². The van der Waals surface area contributed by atoms with Crippen LogP contribution in [0.25, 0.3) is 0 Å². The van der Waals surface area contributed by atoms with Crippen LogP contribution in [0.5, 0.6) is 0 Å². The summed E-state index contributed by atoms with van der Waals surface area (Å²) in [7, 11) is 0. The van der Waals surface area contributed by atoms with Crippen LogP contribution in [0.4, 0.5) is 5.82 Å². The normalized spacial score (nSPS) is 10.1. The molecule has 0 saturated carbocycles. The smallest absolute Gasteiger partial charge is 0.129 e. The van der Waals surface area contributed by atoms with Crippen molar-refractivity contribution in [3.63, 3.8) is 0 Å². The van der Waals surface area contributed by atoms with E-state index < -0.39 is 0 Å². The van der Waals surface area contributed by atoms with E-state index in [9.17, 15) is 0 Å². The maximum atomic E-state index is 5.56. The van der Waals surface area contributed by atoms with E-state index in [4.69, 9.17) is 11.6 Å². The van der Waals surface area contributed by atoms with Crippen LogP contribution in [0, 0.1) is 13.8 Å². The van der Waals surface area contributed by atoms with Gasteiger partial charge in [0.05, 0.1) is 0 Å². The molecule has 72 valence electrons. The minimum Gasteiger partial charge on any atom is -0.370 e. The first-order chi connectivity index (χ1) is 6.22. The molecule has 0 bridgehead atoms. The fraction of sp³-hybridized carbons (Fsp3) is 0.556. The first kappa shape index (κ1) is 10.3. The van der Waals surface area contributed by atoms with Crippen molar-refractivity contribution in [1.82, 2.24) is 9.97 Å². The molecular weight excluding hydrogens is 186 g/mol. The molecule has 0 radical (unpaired) electrons. The molecule has 0 amide bonds. The van der Waals surface area contributed by atoms with Crippen molar-refractivity contribution in [3.8, 4) is 0 Å². The van der Waals surface area contributed by atoms with Crippen LogP contribution in [0.3, 0.4) is 0 Å². The van der Waals surface area contributed by atoms with Crippen LogP contribution >= 0.6 is 11.6 Å². The molecule has 1 aromatic heterocycles. The van der Waals surface area contributed by atoms with Gasteiger partial charge in [0.15, 0.2) is 0 Å². The van der Waals surface area contributed by atoms with Crippen molar-refractivity contribution in [1.29, 1.82) is 0 Å². The predicted molar refractivity (Wildman–Crippen MR) is 55.3 cm³/mol. The zero-order valence-electron chi connectivity index (χ0n) is 7.97. The molecule has 1 rings (SSSR count). The van der Waals surface area contributed by atoms with Crippen LogP contribution in [-0.4, -0.2) is 22.4 Å². The van der Waals surface area contributed by atoms with E-state index in [-0.39, 0.29) is 0 Å². The largest absolute Gasteiger partial charge is 0.370 e. The number of alkyl halides is 1. The molecule has 0 spiro atoms. The molecular formula is C9H14ClN3. The van der Waals surface area contributed by atoms with Gasteiger partial charge in [0.2, 0.25) is 0 Å². The van der Waals surface area contributed by atoms with Crippen LogP contribution < -0.4 is 5.32 Å². The van der Waals surface area contributed by atoms with E-state index in [0.717, 1.165) is 30.3 Å². The third-order valence-electron chi connectivity index (χ3n) is 1.58. The predicted octanol–water partition coefficient (Wildman–Crippen LogP) is 2.13. The monoisotopic (exact) mass is 199 g/mol. The topological polar surface area (TPSA) is 37.8 Å². The van der Waals surface area contributed by atoms with Crippen molar-refractivity contribution in [3.05, 3.63) is 17.6 Å². The lowest BCUT2D eigenvalue weighted by Crippen LogP contribution is -2.05. The summed E-state index contributed by atoms with van der Waals surface area (Å²) in [5.41, 5.74) is 0.987. The summed E-state index contributed by atoms with van der Waals surface area (Å²) < 4.78 is 0. The Balaban J connectivity index is 2.56. The first-order valence-corrected chi connectivity index (χ1v) is 4.88. The summed E-state index contributed by atoms with van der Waals surface area (Å²) in [6.07, 6.45) is 0.948. The van der Waals surface area contributed by atoms with Gasteiger partial charge in [-0.2, -0.15) is 0 Å². The lowest BCUT2D eigenvalue weighted by Gasteiger charge is -2.05. The van der Waals surface area contributed by atoms with E-state index >= 15 is 0 Å². The minimum atomic E-state index is 0.677. The van der Waals surface area contributed by atoms with Gasteiger partial charge >= 0.3 is 0 Å². The minimum absolute atomic E-state index is 0.677. The van der Waals surface area contributed by atoms with E-state index in [0.29, 0.717) is 5.88 Å². The number of hydrogen-bond donors (Lipinski definition) is 1. The molecule has 0 fully saturated rings. The fourth-order valence-corrected chi connectivity index (χ4v) is 1.22. The number of hydrogen-bond acceptors (Lipinski definition) is 3. The zero-order chi connectivity index (χ0) is 9.68. The Morgan fingerprint density at radius 1 is 1.38 bits per heavy atom. The van der Waals surface area contributed by atoms with E-state index in [2.05, 4.69) is 15.3 Å². The summed E-state index contributed by atoms with van der Waals surface area (Å²) >= 11 is 5.56. The summed E-state index contributed by atoms with van der Waals surface area (Å²) in [4.78, 5) is 8.43. The SMILES string of the molecule is Cc1cc(NCCCCl)nc(C)n1. The van der Waals surface area contributed by atoms with E-state index in [1.807, 2.05) is 19.9 Å². The Kier molecular flexibility index (Phi) is 3.96. The molecule has 0 aliphatic rings. The number of nitrogens with zero attached hydrogens (tertiary/aromatic N) is 2. The van der Waals surface area contributed by atoms with Gasteiger partial charge in [-0.3, -0.25) is 0 Å². The second-order valence-corrected chi connectivity index (χ2v) is 3.29. The van der Waals surface area contributed by atoms with Gasteiger partial charge < -0.3 is 5.32 Å². The number of nitrogens with one attached hydrogen (secondary N) is 1. The van der Waals surface area contributed by atoms with E-state index in [1.165, 1.54) is 0 Å². The second kappa shape index (κ2) is 5.02. The average molecular weight is 200 g/mol. The van der Waals surface area contributed by atoms with Gasteiger partial charge in [-0.05, 0) is 20.3 Å². The van der Waals surface area contributed by atoms with Gasteiger partial charge in [-0.1, -0.05) is 0 Å². The quantitative estimate of drug-likeness (QED) is 0.597. The number of aryl methyl sites for hydroxylation is 2. The molecule has 0 aliphatic carbocycles. The third kappa shape index (κ3) is 3.59. The Bertz CT molecular complexity index is 255. The van der Waals surface area contributed by atoms with Gasteiger partial charge in [-0.25, -0.2) is 9.97 Å². The molecule has 3 nitrogen and oxygen atoms in total. The Morgan fingerprint density at radius 3 is 2.77 bits per heavy atom. The highest BCUT2D eigenvalue weighted by atomic mass is 35.5. The standard InChI is InChI=1S/C9H14ClN3/c1-7-6-9(11-5-3-4-10)13-8(2)12-7/h6H,3-5H2,1-2H3,(H,11,12,13). The summed E-state index contributed by atoms with van der Waals surface area (Å²) in [6.45, 7) is 4.71. The molecule has 13 heavy (non-hydrogen) atoms. The van der Waals surface area contributed by atoms with Crippen molar-refractivity contribution in [2.24, 2.45) is 0 Å².